The van der Waals surface area contributed by atoms with Crippen LogP contribution in [0.1, 0.15) is 0 Å². The average molecular weight is 332 g/mol. The number of rotatable bonds is 2. The van der Waals surface area contributed by atoms with Crippen LogP contribution < -0.4 is 11.2 Å². The van der Waals surface area contributed by atoms with Gasteiger partial charge < -0.3 is 0 Å². The van der Waals surface area contributed by atoms with Crippen LogP contribution in [0.4, 0.5) is 4.39 Å². The molecule has 0 aliphatic heterocycles. The molecule has 118 valence electrons. The van der Waals surface area contributed by atoms with E-state index in [1.807, 2.05) is 0 Å². The molecular weight excluding hydrogens is 319 g/mol. The second-order valence-corrected chi connectivity index (χ2v) is 5.74. The molecule has 0 unspecified atom stereocenters. The minimum atomic E-state index is -0.493. The predicted octanol–water partition coefficient (Wildman–Crippen LogP) is 1.56. The number of hydrogen-bond donors (Lipinski definition) is 0. The topological polar surface area (TPSA) is 69.8 Å². The van der Waals surface area contributed by atoms with Gasteiger partial charge in [-0.1, -0.05) is 12.1 Å². The van der Waals surface area contributed by atoms with Gasteiger partial charge in [-0.3, -0.25) is 13.9 Å². The highest BCUT2D eigenvalue weighted by Crippen LogP contribution is 2.25. The third-order valence-corrected chi connectivity index (χ3v) is 4.26. The molecule has 0 amide bonds. The summed E-state index contributed by atoms with van der Waals surface area (Å²) in [5, 5.41) is 0.659. The van der Waals surface area contributed by atoms with Crippen molar-refractivity contribution in [1.82, 2.24) is 19.1 Å². The highest BCUT2D eigenvalue weighted by molar-refractivity contribution is 7.98. The van der Waals surface area contributed by atoms with Crippen LogP contribution in [0.5, 0.6) is 0 Å². The van der Waals surface area contributed by atoms with Crippen molar-refractivity contribution in [3.05, 3.63) is 50.9 Å². The first-order valence-electron chi connectivity index (χ1n) is 6.72. The fraction of sp³-hybridized carbons (Fsp3) is 0.200. The molecule has 0 atom stereocenters. The Hall–Kier alpha value is -2.48. The van der Waals surface area contributed by atoms with Crippen molar-refractivity contribution in [3.8, 4) is 11.4 Å². The van der Waals surface area contributed by atoms with Crippen molar-refractivity contribution >= 4 is 22.8 Å². The molecule has 0 fully saturated rings. The summed E-state index contributed by atoms with van der Waals surface area (Å²) in [7, 11) is 2.92. The van der Waals surface area contributed by atoms with Crippen LogP contribution in [0.25, 0.3) is 22.4 Å². The van der Waals surface area contributed by atoms with E-state index < -0.39 is 17.1 Å². The quantitative estimate of drug-likeness (QED) is 0.526. The summed E-state index contributed by atoms with van der Waals surface area (Å²) in [4.78, 5) is 33.0. The lowest BCUT2D eigenvalue weighted by Gasteiger charge is -2.11. The normalized spacial score (nSPS) is 11.1. The lowest BCUT2D eigenvalue weighted by Crippen LogP contribution is -2.37. The fourth-order valence-corrected chi connectivity index (χ4v) is 2.90. The Balaban J connectivity index is 2.49. The van der Waals surface area contributed by atoms with Crippen molar-refractivity contribution in [2.45, 2.75) is 5.03 Å². The number of aromatic nitrogens is 4. The van der Waals surface area contributed by atoms with Crippen LogP contribution in [0.3, 0.4) is 0 Å². The van der Waals surface area contributed by atoms with Gasteiger partial charge in [0.1, 0.15) is 16.2 Å². The van der Waals surface area contributed by atoms with E-state index >= 15 is 0 Å². The number of halogens is 1. The van der Waals surface area contributed by atoms with Gasteiger partial charge in [-0.15, -0.1) is 11.8 Å². The zero-order valence-corrected chi connectivity index (χ0v) is 13.5. The minimum Gasteiger partial charge on any atom is -0.280 e. The first-order chi connectivity index (χ1) is 11.0. The van der Waals surface area contributed by atoms with Crippen LogP contribution in [-0.4, -0.2) is 25.4 Å². The van der Waals surface area contributed by atoms with Crippen molar-refractivity contribution in [2.24, 2.45) is 14.1 Å². The Labute approximate surface area is 134 Å². The Morgan fingerprint density at radius 2 is 1.78 bits per heavy atom. The maximum atomic E-state index is 14.0. The third-order valence-electron chi connectivity index (χ3n) is 3.57. The minimum absolute atomic E-state index is 0.142. The van der Waals surface area contributed by atoms with E-state index in [-0.39, 0.29) is 22.4 Å². The molecule has 6 nitrogen and oxygen atoms in total. The number of nitrogens with zero attached hydrogens (tertiary/aromatic N) is 4. The molecule has 0 aliphatic rings. The summed E-state index contributed by atoms with van der Waals surface area (Å²) in [5.74, 6) is -0.323. The molecule has 0 saturated carbocycles. The Morgan fingerprint density at radius 1 is 1.09 bits per heavy atom. The van der Waals surface area contributed by atoms with Gasteiger partial charge in [0, 0.05) is 14.1 Å². The second-order valence-electron chi connectivity index (χ2n) is 4.94. The van der Waals surface area contributed by atoms with E-state index in [0.717, 1.165) is 4.57 Å². The molecule has 2 aromatic heterocycles. The summed E-state index contributed by atoms with van der Waals surface area (Å²) >= 11 is 1.25. The molecule has 3 aromatic rings. The number of hydrogen-bond acceptors (Lipinski definition) is 5. The average Bonchev–Trinajstić information content (AvgIpc) is 2.57. The highest BCUT2D eigenvalue weighted by atomic mass is 32.2. The molecule has 1 aromatic carbocycles. The van der Waals surface area contributed by atoms with Crippen LogP contribution in [0, 0.1) is 5.82 Å². The number of thioether (sulfide) groups is 1. The lowest BCUT2D eigenvalue weighted by molar-refractivity contribution is 0.629. The summed E-state index contributed by atoms with van der Waals surface area (Å²) in [5.41, 5.74) is -0.547. The number of benzene rings is 1. The first kappa shape index (κ1) is 15.4. The van der Waals surface area contributed by atoms with E-state index in [0.29, 0.717) is 5.03 Å². The smallest absolute Gasteiger partial charge is 0.280 e. The Bertz CT molecular complexity index is 1040. The Morgan fingerprint density at radius 3 is 2.43 bits per heavy atom. The number of aryl methyl sites for hydroxylation is 1. The van der Waals surface area contributed by atoms with Gasteiger partial charge in [0.15, 0.2) is 11.5 Å². The largest absolute Gasteiger partial charge is 0.332 e. The molecule has 2 heterocycles. The molecule has 3 rings (SSSR count). The van der Waals surface area contributed by atoms with Crippen molar-refractivity contribution in [3.63, 3.8) is 0 Å². The monoisotopic (exact) mass is 332 g/mol. The molecule has 0 N–H and O–H groups in total. The number of fused-ring (bicyclic) bond motifs is 1. The molecule has 0 bridgehead atoms. The van der Waals surface area contributed by atoms with Crippen LogP contribution in [0.2, 0.25) is 0 Å². The van der Waals surface area contributed by atoms with E-state index in [2.05, 4.69) is 9.97 Å². The molecule has 0 saturated heterocycles. The third kappa shape index (κ3) is 2.35. The second kappa shape index (κ2) is 5.62. The zero-order valence-electron chi connectivity index (χ0n) is 12.7. The van der Waals surface area contributed by atoms with Gasteiger partial charge in [-0.25, -0.2) is 19.2 Å². The van der Waals surface area contributed by atoms with E-state index in [4.69, 9.17) is 0 Å². The van der Waals surface area contributed by atoms with Crippen molar-refractivity contribution < 1.29 is 4.39 Å². The standard InChI is InChI=1S/C15H13FN4O2S/c1-19-12-10(14(21)20(2)15(19)22)13(23-3)18-11(17-12)8-6-4-5-7-9(8)16/h4-7H,1-3H3. The first-order valence-corrected chi connectivity index (χ1v) is 7.94. The summed E-state index contributed by atoms with van der Waals surface area (Å²) in [6.45, 7) is 0. The fourth-order valence-electron chi connectivity index (χ4n) is 2.34. The molecule has 8 heteroatoms. The molecule has 23 heavy (non-hydrogen) atoms. The lowest BCUT2D eigenvalue weighted by atomic mass is 10.2. The SMILES string of the molecule is CSc1nc(-c2ccccc2F)nc2c1c(=O)n(C)c(=O)n2C. The highest BCUT2D eigenvalue weighted by Gasteiger charge is 2.18. The van der Waals surface area contributed by atoms with Gasteiger partial charge in [0.05, 0.1) is 5.56 Å². The van der Waals surface area contributed by atoms with Crippen LogP contribution in [0.15, 0.2) is 38.9 Å². The van der Waals surface area contributed by atoms with E-state index in [9.17, 15) is 14.0 Å². The molecule has 0 radical (unpaired) electrons. The molecule has 0 spiro atoms. The summed E-state index contributed by atoms with van der Waals surface area (Å²) < 4.78 is 16.3. The van der Waals surface area contributed by atoms with Gasteiger partial charge >= 0.3 is 5.69 Å². The molecule has 0 aliphatic carbocycles. The van der Waals surface area contributed by atoms with Crippen molar-refractivity contribution in [1.29, 1.82) is 0 Å². The van der Waals surface area contributed by atoms with Crippen molar-refractivity contribution in [2.75, 3.05) is 6.26 Å². The summed E-state index contributed by atoms with van der Waals surface area (Å²) in [6.07, 6.45) is 1.76. The van der Waals surface area contributed by atoms with E-state index in [1.54, 1.807) is 24.5 Å². The zero-order chi connectivity index (χ0) is 16.7. The van der Waals surface area contributed by atoms with Gasteiger partial charge in [-0.05, 0) is 18.4 Å². The van der Waals surface area contributed by atoms with Gasteiger partial charge in [-0.2, -0.15) is 0 Å². The summed E-state index contributed by atoms with van der Waals surface area (Å²) in [6, 6.07) is 6.11. The van der Waals surface area contributed by atoms with Gasteiger partial charge in [0.25, 0.3) is 5.56 Å². The maximum Gasteiger partial charge on any atom is 0.332 e. The van der Waals surface area contributed by atoms with Crippen LogP contribution in [-0.2, 0) is 14.1 Å². The predicted molar refractivity (Wildman–Crippen MR) is 87.2 cm³/mol. The van der Waals surface area contributed by atoms with Gasteiger partial charge in [0.2, 0.25) is 0 Å². The van der Waals surface area contributed by atoms with E-state index in [1.165, 1.54) is 36.5 Å². The maximum absolute atomic E-state index is 14.0. The molecular formula is C15H13FN4O2S. The Kier molecular flexibility index (Phi) is 3.77. The van der Waals surface area contributed by atoms with Crippen LogP contribution >= 0.6 is 11.8 Å².